The molecule has 3 aliphatic rings. The van der Waals surface area contributed by atoms with Crippen LogP contribution in [0.25, 0.3) is 0 Å². The highest BCUT2D eigenvalue weighted by Crippen LogP contribution is 2.33. The molecule has 0 unspecified atom stereocenters. The molecule has 1 N–H and O–H groups in total. The lowest BCUT2D eigenvalue weighted by atomic mass is 10.1. The molecule has 0 spiro atoms. The van der Waals surface area contributed by atoms with Gasteiger partial charge in [0.1, 0.15) is 0 Å². The molecule has 1 fully saturated rings. The van der Waals surface area contributed by atoms with Crippen LogP contribution >= 0.6 is 0 Å². The number of rotatable bonds is 7. The third kappa shape index (κ3) is 3.20. The van der Waals surface area contributed by atoms with Gasteiger partial charge in [0, 0.05) is 38.4 Å². The Morgan fingerprint density at radius 2 is 1.85 bits per heavy atom. The van der Waals surface area contributed by atoms with E-state index in [0.29, 0.717) is 18.9 Å². The van der Waals surface area contributed by atoms with E-state index in [0.717, 1.165) is 32.5 Å². The lowest BCUT2D eigenvalue weighted by Gasteiger charge is -2.29. The first-order valence-electron chi connectivity index (χ1n) is 7.38. The molecule has 7 nitrogen and oxygen atoms in total. The number of carbonyl (C=O) groups is 1. The summed E-state index contributed by atoms with van der Waals surface area (Å²) in [6.45, 7) is 6.58. The summed E-state index contributed by atoms with van der Waals surface area (Å²) in [5.74, 6) is 0.210. The van der Waals surface area contributed by atoms with E-state index in [1.54, 1.807) is 0 Å². The van der Waals surface area contributed by atoms with Crippen LogP contribution < -0.4 is 5.32 Å². The van der Waals surface area contributed by atoms with Gasteiger partial charge >= 0.3 is 0 Å². The van der Waals surface area contributed by atoms with Crippen molar-refractivity contribution in [3.63, 3.8) is 0 Å². The Morgan fingerprint density at radius 3 is 2.40 bits per heavy atom. The Kier molecular flexibility index (Phi) is 3.32. The second kappa shape index (κ2) is 4.87. The van der Waals surface area contributed by atoms with E-state index in [1.807, 2.05) is 18.7 Å². The number of carbonyl (C=O) groups excluding carboxylic acids is 1. The molecule has 0 aromatic heterocycles. The van der Waals surface area contributed by atoms with Gasteiger partial charge in [-0.15, -0.1) is 0 Å². The van der Waals surface area contributed by atoms with Crippen molar-refractivity contribution < 1.29 is 4.79 Å². The SMILES string of the molecule is CC1(CCC(=O)N(CCC2(C)N=N2)[C@@H]2CCNC2)N=N1. The molecule has 1 saturated heterocycles. The van der Waals surface area contributed by atoms with Gasteiger partial charge in [-0.1, -0.05) is 0 Å². The predicted molar refractivity (Wildman–Crippen MR) is 73.4 cm³/mol. The van der Waals surface area contributed by atoms with E-state index in [2.05, 4.69) is 25.8 Å². The second-order valence-corrected chi connectivity index (χ2v) is 6.32. The molecule has 20 heavy (non-hydrogen) atoms. The first-order chi connectivity index (χ1) is 9.50. The predicted octanol–water partition coefficient (Wildman–Crippen LogP) is 1.71. The normalized spacial score (nSPS) is 27.6. The number of nitrogens with one attached hydrogen (secondary N) is 1. The molecule has 0 bridgehead atoms. The topological polar surface area (TPSA) is 81.8 Å². The zero-order chi connectivity index (χ0) is 14.2. The van der Waals surface area contributed by atoms with Crippen molar-refractivity contribution in [1.82, 2.24) is 10.2 Å². The van der Waals surface area contributed by atoms with Crippen LogP contribution in [0.15, 0.2) is 20.5 Å². The number of nitrogens with zero attached hydrogens (tertiary/aromatic N) is 5. The molecule has 0 saturated carbocycles. The Bertz CT molecular complexity index is 442. The minimum Gasteiger partial charge on any atom is -0.338 e. The third-order valence-corrected chi connectivity index (χ3v) is 4.32. The fraction of sp³-hybridized carbons (Fsp3) is 0.923. The lowest BCUT2D eigenvalue weighted by Crippen LogP contribution is -2.43. The Labute approximate surface area is 118 Å². The van der Waals surface area contributed by atoms with Crippen molar-refractivity contribution in [3.05, 3.63) is 0 Å². The molecule has 3 aliphatic heterocycles. The Morgan fingerprint density at radius 1 is 1.20 bits per heavy atom. The summed E-state index contributed by atoms with van der Waals surface area (Å²) in [6.07, 6.45) is 3.09. The maximum Gasteiger partial charge on any atom is 0.223 e. The molecule has 0 aromatic rings. The molecule has 7 heteroatoms. The molecule has 0 aliphatic carbocycles. The average molecular weight is 278 g/mol. The van der Waals surface area contributed by atoms with Crippen LogP contribution in [0.3, 0.4) is 0 Å². The van der Waals surface area contributed by atoms with Crippen molar-refractivity contribution >= 4 is 5.91 Å². The van der Waals surface area contributed by atoms with Gasteiger partial charge in [0.2, 0.25) is 5.91 Å². The van der Waals surface area contributed by atoms with Crippen LogP contribution in [0.1, 0.15) is 39.5 Å². The van der Waals surface area contributed by atoms with Crippen LogP contribution in [0, 0.1) is 0 Å². The van der Waals surface area contributed by atoms with Gasteiger partial charge < -0.3 is 10.2 Å². The molecule has 1 amide bonds. The highest BCUT2D eigenvalue weighted by Gasteiger charge is 2.38. The van der Waals surface area contributed by atoms with E-state index in [9.17, 15) is 4.79 Å². The van der Waals surface area contributed by atoms with Crippen LogP contribution in [0.2, 0.25) is 0 Å². The monoisotopic (exact) mass is 278 g/mol. The molecule has 3 heterocycles. The summed E-state index contributed by atoms with van der Waals surface area (Å²) in [5, 5.41) is 19.3. The van der Waals surface area contributed by atoms with Crippen molar-refractivity contribution in [2.24, 2.45) is 20.5 Å². The zero-order valence-electron chi connectivity index (χ0n) is 12.2. The minimum atomic E-state index is -0.289. The summed E-state index contributed by atoms with van der Waals surface area (Å²) in [5.41, 5.74) is -0.528. The maximum absolute atomic E-state index is 12.5. The van der Waals surface area contributed by atoms with Gasteiger partial charge in [-0.25, -0.2) is 0 Å². The van der Waals surface area contributed by atoms with Crippen molar-refractivity contribution in [2.75, 3.05) is 19.6 Å². The molecular weight excluding hydrogens is 256 g/mol. The van der Waals surface area contributed by atoms with Gasteiger partial charge in [-0.3, -0.25) is 4.79 Å². The van der Waals surface area contributed by atoms with E-state index in [1.165, 1.54) is 0 Å². The summed E-state index contributed by atoms with van der Waals surface area (Å²) in [6, 6.07) is 0.311. The number of hydrogen-bond donors (Lipinski definition) is 1. The van der Waals surface area contributed by atoms with Crippen LogP contribution in [0.5, 0.6) is 0 Å². The summed E-state index contributed by atoms with van der Waals surface area (Å²) < 4.78 is 0. The number of amides is 1. The third-order valence-electron chi connectivity index (χ3n) is 4.32. The maximum atomic E-state index is 12.5. The van der Waals surface area contributed by atoms with E-state index in [-0.39, 0.29) is 17.2 Å². The Balaban J connectivity index is 1.53. The largest absolute Gasteiger partial charge is 0.338 e. The van der Waals surface area contributed by atoms with E-state index >= 15 is 0 Å². The van der Waals surface area contributed by atoms with Gasteiger partial charge in [0.25, 0.3) is 0 Å². The fourth-order valence-electron chi connectivity index (χ4n) is 2.61. The van der Waals surface area contributed by atoms with Gasteiger partial charge in [0.05, 0.1) is 0 Å². The van der Waals surface area contributed by atoms with Crippen LogP contribution in [0.4, 0.5) is 0 Å². The Hall–Kier alpha value is -1.37. The molecule has 110 valence electrons. The smallest absolute Gasteiger partial charge is 0.223 e. The summed E-state index contributed by atoms with van der Waals surface area (Å²) in [7, 11) is 0. The highest BCUT2D eigenvalue weighted by molar-refractivity contribution is 5.76. The van der Waals surface area contributed by atoms with Gasteiger partial charge in [-0.05, 0) is 26.8 Å². The van der Waals surface area contributed by atoms with Crippen molar-refractivity contribution in [3.8, 4) is 0 Å². The first-order valence-corrected chi connectivity index (χ1v) is 7.38. The van der Waals surface area contributed by atoms with Gasteiger partial charge in [0.15, 0.2) is 11.3 Å². The van der Waals surface area contributed by atoms with E-state index < -0.39 is 0 Å². The van der Waals surface area contributed by atoms with Crippen molar-refractivity contribution in [2.45, 2.75) is 56.9 Å². The molecule has 0 aromatic carbocycles. The highest BCUT2D eigenvalue weighted by atomic mass is 16.2. The van der Waals surface area contributed by atoms with Gasteiger partial charge in [-0.2, -0.15) is 20.5 Å². The molecule has 1 atom stereocenters. The minimum absolute atomic E-state index is 0.210. The number of hydrogen-bond acceptors (Lipinski definition) is 6. The molecular formula is C13H22N6O. The average Bonchev–Trinajstić information content (AvgIpc) is 3.27. The first kappa shape index (κ1) is 13.6. The summed E-state index contributed by atoms with van der Waals surface area (Å²) in [4.78, 5) is 14.5. The zero-order valence-corrected chi connectivity index (χ0v) is 12.2. The summed E-state index contributed by atoms with van der Waals surface area (Å²) >= 11 is 0. The van der Waals surface area contributed by atoms with E-state index in [4.69, 9.17) is 0 Å². The lowest BCUT2D eigenvalue weighted by molar-refractivity contribution is -0.133. The van der Waals surface area contributed by atoms with Crippen LogP contribution in [-0.2, 0) is 4.79 Å². The fourth-order valence-corrected chi connectivity index (χ4v) is 2.61. The second-order valence-electron chi connectivity index (χ2n) is 6.32. The van der Waals surface area contributed by atoms with Crippen molar-refractivity contribution in [1.29, 1.82) is 0 Å². The molecule has 0 radical (unpaired) electrons. The molecule has 3 rings (SSSR count). The van der Waals surface area contributed by atoms with Crippen LogP contribution in [-0.4, -0.2) is 47.8 Å². The standard InChI is InChI=1S/C13H22N6O/c1-12(15-16-12)5-3-11(20)19(10-4-7-14-9-10)8-6-13(2)17-18-13/h10,14H,3-9H2,1-2H3/t10-/m1/s1. The quantitative estimate of drug-likeness (QED) is 0.769.